The zero-order valence-corrected chi connectivity index (χ0v) is 60.7. The smallest absolute Gasteiger partial charge is 0.204 e. The molecule has 0 fully saturated rings. The summed E-state index contributed by atoms with van der Waals surface area (Å²) >= 11 is 13.1. The number of hydrogen-bond donors (Lipinski definition) is 7. The summed E-state index contributed by atoms with van der Waals surface area (Å²) in [6.07, 6.45) is 0. The molecule has 0 spiro atoms. The van der Waals surface area contributed by atoms with E-state index in [0.717, 1.165) is 104 Å². The first-order valence-corrected chi connectivity index (χ1v) is 33.3. The van der Waals surface area contributed by atoms with Crippen molar-refractivity contribution in [3.8, 4) is 136 Å². The van der Waals surface area contributed by atoms with E-state index in [4.69, 9.17) is 29.2 Å². The summed E-state index contributed by atoms with van der Waals surface area (Å²) in [6.45, 7) is 8.74. The molecule has 17 nitrogen and oxygen atoms in total. The number of halogens is 4. The Bertz CT molecular complexity index is 4550. The third-order valence-electron chi connectivity index (χ3n) is 15.4. The van der Waals surface area contributed by atoms with E-state index in [1.165, 1.54) is 34.4 Å². The van der Waals surface area contributed by atoms with Crippen molar-refractivity contribution in [2.45, 2.75) is 27.7 Å². The Balaban J connectivity index is 0.000000151. The largest absolute Gasteiger partial charge is 0.504 e. The highest BCUT2D eigenvalue weighted by Crippen LogP contribution is 2.44. The average molecular weight is 1570 g/mol. The lowest BCUT2D eigenvalue weighted by Gasteiger charge is -2.16. The topological polar surface area (TPSA) is 250 Å². The maximum atomic E-state index is 10.1. The molecule has 11 aromatic carbocycles. The second kappa shape index (κ2) is 33.6. The average Bonchev–Trinajstić information content (AvgIpc) is 0.900. The number of H-pyrrole nitrogens is 1. The molecule has 1 aliphatic heterocycles. The Hall–Kier alpha value is -10.3. The minimum atomic E-state index is -0.184. The van der Waals surface area contributed by atoms with Crippen molar-refractivity contribution in [1.82, 2.24) is 20.6 Å². The minimum Gasteiger partial charge on any atom is -0.504 e. The van der Waals surface area contributed by atoms with Gasteiger partial charge in [-0.2, -0.15) is 10.3 Å². The lowest BCUT2D eigenvalue weighted by atomic mass is 9.92. The number of hydrogen-bond acceptors (Lipinski definition) is 16. The molecule has 0 saturated heterocycles. The molecule has 0 bridgehead atoms. The number of aryl methyl sites for hydroxylation is 4. The summed E-state index contributed by atoms with van der Waals surface area (Å²) in [6, 6.07) is 65.7. The van der Waals surface area contributed by atoms with E-state index in [0.29, 0.717) is 32.8 Å². The number of phenols is 6. The molecule has 12 aromatic rings. The van der Waals surface area contributed by atoms with Crippen molar-refractivity contribution in [3.05, 3.63) is 252 Å². The zero-order chi connectivity index (χ0) is 70.2. The Labute approximate surface area is 601 Å². The van der Waals surface area contributed by atoms with Crippen LogP contribution in [0.25, 0.3) is 78.1 Å². The molecule has 0 aliphatic carbocycles. The molecule has 7 N–H and O–H groups in total. The van der Waals surface area contributed by atoms with Crippen molar-refractivity contribution in [3.63, 3.8) is 0 Å². The zero-order valence-electron chi connectivity index (χ0n) is 54.3. The van der Waals surface area contributed by atoms with Gasteiger partial charge in [0.15, 0.2) is 57.5 Å². The Morgan fingerprint density at radius 3 is 0.857 bits per heavy atom. The number of aromatic amines is 1. The number of phenolic OH excluding ortho intramolecular Hbond substituents is 6. The standard InChI is InChI=1S/C22H22O2.C21H15N7O2.C20H18O2.C8H8Br2O2.C6H4Br2O2/c1-15-5-9-17(10-6-15)19-13-21(23-3)22(24-4)14-20(19)18-11-7-16(2)8-12-18;29-19-9-16(12-1-5-14(6-2-12)18-11-22-26-23-18)17(10-20(19)30)13-3-7-15(8-4-13)21-24-27-28-25-21;1-13-3-7-15(8-4-13)17-11-19(21)20(22)12-18(17)16-9-5-14(2)6-10-16;1-11-7-3-5(9)6(10)4-8(7)12-2;7-3-1-5(9)6(10)2-4(3)8/h5-14H,1-4H3;1-10,29-30H,11H2,(H,24,25,27,28);3-12,21-22H,1-2H3;3-4H,1-2H3;1-2,9-10H. The van der Waals surface area contributed by atoms with Gasteiger partial charge < -0.3 is 49.6 Å². The lowest BCUT2D eigenvalue weighted by Crippen LogP contribution is -2.00. The summed E-state index contributed by atoms with van der Waals surface area (Å²) in [4.78, 5) is 0. The third kappa shape index (κ3) is 18.2. The Morgan fingerprint density at radius 2 is 0.582 bits per heavy atom. The molecular weight excluding hydrogens is 1500 g/mol. The molecule has 98 heavy (non-hydrogen) atoms. The highest BCUT2D eigenvalue weighted by Gasteiger charge is 2.18. The number of methoxy groups -OCH3 is 4. The van der Waals surface area contributed by atoms with E-state index in [-0.39, 0.29) is 34.5 Å². The molecule has 2 heterocycles. The maximum Gasteiger partial charge on any atom is 0.204 e. The number of rotatable bonds is 12. The normalized spacial score (nSPS) is 11.1. The van der Waals surface area contributed by atoms with Crippen LogP contribution in [0.1, 0.15) is 27.8 Å². The van der Waals surface area contributed by atoms with Gasteiger partial charge in [-0.3, -0.25) is 0 Å². The maximum absolute atomic E-state index is 10.1. The number of ether oxygens (including phenoxy) is 4. The SMILES string of the molecule is COc1cc(-c2ccc(C)cc2)c(-c2ccc(C)cc2)cc1OC.COc1cc(Br)c(Br)cc1OC.Cc1ccc(-c2cc(O)c(O)cc2-c2ccc(C)cc2)cc1.Oc1cc(-c2ccc(C3=NN=NC3)cc2)c(-c2ccc(-c3nn[nH]n3)cc2)cc1O.Oc1cc(Br)c(Br)cc1O. The number of tetrazole rings is 1. The summed E-state index contributed by atoms with van der Waals surface area (Å²) in [5, 5.41) is 83.3. The van der Waals surface area contributed by atoms with E-state index in [2.05, 4.69) is 174 Å². The van der Waals surface area contributed by atoms with Crippen molar-refractivity contribution < 1.29 is 49.6 Å². The number of nitrogens with one attached hydrogen (secondary N) is 1. The molecule has 1 aliphatic rings. The first kappa shape index (κ1) is 72.0. The molecule has 1 aromatic heterocycles. The highest BCUT2D eigenvalue weighted by atomic mass is 79.9. The van der Waals surface area contributed by atoms with Crippen molar-refractivity contribution in [2.75, 3.05) is 35.0 Å². The van der Waals surface area contributed by atoms with Crippen molar-refractivity contribution >= 4 is 69.4 Å². The van der Waals surface area contributed by atoms with Crippen molar-refractivity contribution in [2.24, 2.45) is 15.4 Å². The van der Waals surface area contributed by atoms with E-state index >= 15 is 0 Å². The van der Waals surface area contributed by atoms with Crippen LogP contribution >= 0.6 is 63.7 Å². The molecule has 0 unspecified atom stereocenters. The molecule has 0 saturated carbocycles. The van der Waals surface area contributed by atoms with Gasteiger partial charge in [-0.15, -0.1) is 15.3 Å². The van der Waals surface area contributed by atoms with Gasteiger partial charge in [-0.05, 0) is 235 Å². The van der Waals surface area contributed by atoms with Crippen LogP contribution in [0.5, 0.6) is 57.5 Å². The van der Waals surface area contributed by atoms with Gasteiger partial charge in [0.05, 0.1) is 34.2 Å². The predicted octanol–water partition coefficient (Wildman–Crippen LogP) is 20.3. The van der Waals surface area contributed by atoms with E-state index in [1.807, 2.05) is 123 Å². The third-order valence-corrected chi connectivity index (χ3v) is 19.1. The first-order valence-electron chi connectivity index (χ1n) is 30.1. The van der Waals surface area contributed by atoms with Gasteiger partial charge in [-0.1, -0.05) is 168 Å². The van der Waals surface area contributed by atoms with Crippen LogP contribution in [-0.4, -0.2) is 92.0 Å². The monoisotopic (exact) mass is 1570 g/mol. The molecule has 21 heteroatoms. The van der Waals surface area contributed by atoms with Crippen LogP contribution in [0.4, 0.5) is 0 Å². The molecule has 13 rings (SSSR count). The van der Waals surface area contributed by atoms with E-state index in [1.54, 1.807) is 52.7 Å². The van der Waals surface area contributed by atoms with Gasteiger partial charge in [0.1, 0.15) is 6.54 Å². The number of aromatic hydroxyl groups is 6. The van der Waals surface area contributed by atoms with Crippen LogP contribution < -0.4 is 18.9 Å². The molecular formula is C77H67Br4N7O10. The molecule has 0 radical (unpaired) electrons. The van der Waals surface area contributed by atoms with Gasteiger partial charge in [0.25, 0.3) is 0 Å². The number of benzene rings is 11. The van der Waals surface area contributed by atoms with Gasteiger partial charge in [0, 0.05) is 23.5 Å². The fourth-order valence-corrected chi connectivity index (χ4v) is 11.4. The quantitative estimate of drug-likeness (QED) is 0.0563. The lowest BCUT2D eigenvalue weighted by molar-refractivity contribution is 0.354. The molecule has 0 atom stereocenters. The van der Waals surface area contributed by atoms with Gasteiger partial charge >= 0.3 is 0 Å². The van der Waals surface area contributed by atoms with Gasteiger partial charge in [0.2, 0.25) is 5.82 Å². The fraction of sp³-hybridized carbons (Fsp3) is 0.117. The van der Waals surface area contributed by atoms with E-state index < -0.39 is 0 Å². The number of nitrogens with zero attached hydrogens (tertiary/aromatic N) is 6. The molecule has 498 valence electrons. The fourth-order valence-electron chi connectivity index (χ4n) is 10.0. The predicted molar refractivity (Wildman–Crippen MR) is 400 cm³/mol. The van der Waals surface area contributed by atoms with E-state index in [9.17, 15) is 20.4 Å². The summed E-state index contributed by atoms with van der Waals surface area (Å²) in [7, 11) is 6.56. The molecule has 0 amide bonds. The summed E-state index contributed by atoms with van der Waals surface area (Å²) in [5.41, 5.74) is 19.2. The number of aromatic nitrogens is 4. The second-order valence-corrected chi connectivity index (χ2v) is 25.6. The van der Waals surface area contributed by atoms with Crippen LogP contribution in [0.15, 0.2) is 240 Å². The van der Waals surface area contributed by atoms with Crippen LogP contribution in [0, 0.1) is 27.7 Å². The summed E-state index contributed by atoms with van der Waals surface area (Å²) in [5.74, 6) is 2.57. The highest BCUT2D eigenvalue weighted by molar-refractivity contribution is 9.13. The minimum absolute atomic E-state index is 0.105. The Morgan fingerprint density at radius 1 is 0.327 bits per heavy atom. The van der Waals surface area contributed by atoms with Crippen LogP contribution in [0.3, 0.4) is 0 Å². The van der Waals surface area contributed by atoms with Crippen LogP contribution in [0.2, 0.25) is 0 Å². The summed E-state index contributed by atoms with van der Waals surface area (Å²) < 4.78 is 24.5. The van der Waals surface area contributed by atoms with Gasteiger partial charge in [-0.25, -0.2) is 0 Å². The van der Waals surface area contributed by atoms with Crippen molar-refractivity contribution in [1.29, 1.82) is 0 Å². The Kier molecular flexibility index (Phi) is 24.6. The second-order valence-electron chi connectivity index (χ2n) is 22.2. The van der Waals surface area contributed by atoms with Crippen LogP contribution in [-0.2, 0) is 0 Å². The first-order chi connectivity index (χ1) is 47.1.